The third-order valence-electron chi connectivity index (χ3n) is 2.77. The molecule has 1 aliphatic rings. The molecule has 16 heavy (non-hydrogen) atoms. The molecular weight excluding hydrogens is 200 g/mol. The molecule has 2 heterocycles. The Morgan fingerprint density at radius 1 is 1.44 bits per heavy atom. The van der Waals surface area contributed by atoms with Crippen LogP contribution in [0, 0.1) is 0 Å². The van der Waals surface area contributed by atoms with E-state index in [9.17, 15) is 0 Å². The Kier molecular flexibility index (Phi) is 2.13. The topological polar surface area (TPSA) is 42.7 Å². The van der Waals surface area contributed by atoms with E-state index in [1.54, 1.807) is 6.20 Å². The second-order valence-electron chi connectivity index (χ2n) is 4.20. The first-order valence-electron chi connectivity index (χ1n) is 5.54. The van der Waals surface area contributed by atoms with Crippen molar-refractivity contribution in [3.63, 3.8) is 0 Å². The van der Waals surface area contributed by atoms with Crippen LogP contribution in [0.15, 0.2) is 30.6 Å². The van der Waals surface area contributed by atoms with Crippen LogP contribution in [0.2, 0.25) is 0 Å². The molecular formula is C12H14N4. The molecule has 0 bridgehead atoms. The van der Waals surface area contributed by atoms with E-state index in [4.69, 9.17) is 0 Å². The average molecular weight is 214 g/mol. The largest absolute Gasteiger partial charge is 0.366 e. The van der Waals surface area contributed by atoms with Crippen molar-refractivity contribution in [3.05, 3.63) is 30.6 Å². The molecule has 3 rings (SSSR count). The molecule has 2 aromatic rings. The minimum absolute atomic E-state index is 0.636. The molecule has 0 radical (unpaired) electrons. The molecule has 82 valence electrons. The number of hydrogen-bond donors (Lipinski definition) is 1. The maximum absolute atomic E-state index is 4.44. The molecule has 2 aromatic heterocycles. The fraction of sp³-hybridized carbons (Fsp3) is 0.333. The maximum Gasteiger partial charge on any atom is 0.148 e. The van der Waals surface area contributed by atoms with Crippen molar-refractivity contribution < 1.29 is 0 Å². The zero-order valence-corrected chi connectivity index (χ0v) is 9.22. The monoisotopic (exact) mass is 214 g/mol. The lowest BCUT2D eigenvalue weighted by Crippen LogP contribution is -2.01. The number of aryl methyl sites for hydroxylation is 1. The van der Waals surface area contributed by atoms with Crippen molar-refractivity contribution in [2.75, 3.05) is 5.32 Å². The predicted molar refractivity (Wildman–Crippen MR) is 63.1 cm³/mol. The third kappa shape index (κ3) is 1.78. The number of nitrogens with zero attached hydrogens (tertiary/aromatic N) is 3. The number of rotatable bonds is 3. The lowest BCUT2D eigenvalue weighted by Gasteiger charge is -1.98. The summed E-state index contributed by atoms with van der Waals surface area (Å²) < 4.78 is 1.89. The molecule has 0 aromatic carbocycles. The average Bonchev–Trinajstić information content (AvgIpc) is 3.03. The van der Waals surface area contributed by atoms with Gasteiger partial charge in [-0.05, 0) is 25.0 Å². The summed E-state index contributed by atoms with van der Waals surface area (Å²) in [6.45, 7) is 0. The SMILES string of the molecule is Cn1nc(NC2CC2)cc1-c1cccnc1. The summed E-state index contributed by atoms with van der Waals surface area (Å²) in [5.74, 6) is 0.962. The van der Waals surface area contributed by atoms with Gasteiger partial charge in [0.1, 0.15) is 5.82 Å². The van der Waals surface area contributed by atoms with Crippen LogP contribution in [0.5, 0.6) is 0 Å². The van der Waals surface area contributed by atoms with Crippen LogP contribution in [0.1, 0.15) is 12.8 Å². The van der Waals surface area contributed by atoms with Crippen molar-refractivity contribution in [3.8, 4) is 11.3 Å². The Morgan fingerprint density at radius 2 is 2.31 bits per heavy atom. The van der Waals surface area contributed by atoms with Crippen LogP contribution in [-0.2, 0) is 7.05 Å². The highest BCUT2D eigenvalue weighted by Gasteiger charge is 2.22. The molecule has 0 saturated heterocycles. The maximum atomic E-state index is 4.44. The standard InChI is InChI=1S/C12H14N4/c1-16-11(9-3-2-6-13-8-9)7-12(15-16)14-10-4-5-10/h2-3,6-8,10H,4-5H2,1H3,(H,14,15). The highest BCUT2D eigenvalue weighted by molar-refractivity contribution is 5.62. The van der Waals surface area contributed by atoms with Gasteiger partial charge in [0.2, 0.25) is 0 Å². The van der Waals surface area contributed by atoms with Crippen LogP contribution in [0.4, 0.5) is 5.82 Å². The van der Waals surface area contributed by atoms with Gasteiger partial charge in [0, 0.05) is 37.1 Å². The van der Waals surface area contributed by atoms with E-state index >= 15 is 0 Å². The van der Waals surface area contributed by atoms with Gasteiger partial charge >= 0.3 is 0 Å². The summed E-state index contributed by atoms with van der Waals surface area (Å²) in [6.07, 6.45) is 6.17. The second kappa shape index (κ2) is 3.63. The Labute approximate surface area is 94.3 Å². The first kappa shape index (κ1) is 9.39. The van der Waals surface area contributed by atoms with Gasteiger partial charge in [-0.3, -0.25) is 9.67 Å². The second-order valence-corrected chi connectivity index (χ2v) is 4.20. The summed E-state index contributed by atoms with van der Waals surface area (Å²) in [4.78, 5) is 4.12. The smallest absolute Gasteiger partial charge is 0.148 e. The molecule has 0 aliphatic heterocycles. The molecule has 0 amide bonds. The molecule has 0 spiro atoms. The lowest BCUT2D eigenvalue weighted by molar-refractivity contribution is 0.775. The number of nitrogens with one attached hydrogen (secondary N) is 1. The van der Waals surface area contributed by atoms with Gasteiger partial charge in [-0.25, -0.2) is 0 Å². The summed E-state index contributed by atoms with van der Waals surface area (Å²) in [5, 5.41) is 7.84. The van der Waals surface area contributed by atoms with E-state index in [0.717, 1.165) is 17.1 Å². The molecule has 1 aliphatic carbocycles. The number of pyridine rings is 1. The molecule has 1 fully saturated rings. The van der Waals surface area contributed by atoms with Gasteiger partial charge in [0.25, 0.3) is 0 Å². The fourth-order valence-corrected chi connectivity index (χ4v) is 1.76. The quantitative estimate of drug-likeness (QED) is 0.850. The third-order valence-corrected chi connectivity index (χ3v) is 2.77. The van der Waals surface area contributed by atoms with Gasteiger partial charge in [-0.2, -0.15) is 5.10 Å². The van der Waals surface area contributed by atoms with Crippen LogP contribution >= 0.6 is 0 Å². The van der Waals surface area contributed by atoms with Crippen molar-refractivity contribution in [1.82, 2.24) is 14.8 Å². The fourth-order valence-electron chi connectivity index (χ4n) is 1.76. The number of anilines is 1. The molecule has 4 nitrogen and oxygen atoms in total. The molecule has 1 saturated carbocycles. The Bertz CT molecular complexity index is 485. The van der Waals surface area contributed by atoms with Gasteiger partial charge in [-0.15, -0.1) is 0 Å². The van der Waals surface area contributed by atoms with E-state index in [1.165, 1.54) is 12.8 Å². The van der Waals surface area contributed by atoms with Crippen molar-refractivity contribution in [1.29, 1.82) is 0 Å². The van der Waals surface area contributed by atoms with Crippen LogP contribution in [0.25, 0.3) is 11.3 Å². The highest BCUT2D eigenvalue weighted by atomic mass is 15.3. The van der Waals surface area contributed by atoms with Crippen LogP contribution in [-0.4, -0.2) is 20.8 Å². The minimum atomic E-state index is 0.636. The van der Waals surface area contributed by atoms with Crippen molar-refractivity contribution in [2.45, 2.75) is 18.9 Å². The van der Waals surface area contributed by atoms with Gasteiger partial charge in [0.05, 0.1) is 5.69 Å². The van der Waals surface area contributed by atoms with Crippen LogP contribution < -0.4 is 5.32 Å². The van der Waals surface area contributed by atoms with E-state index < -0.39 is 0 Å². The van der Waals surface area contributed by atoms with E-state index in [1.807, 2.05) is 30.1 Å². The molecule has 4 heteroatoms. The summed E-state index contributed by atoms with van der Waals surface area (Å²) in [5.41, 5.74) is 2.19. The van der Waals surface area contributed by atoms with Crippen molar-refractivity contribution in [2.24, 2.45) is 7.05 Å². The summed E-state index contributed by atoms with van der Waals surface area (Å²) in [7, 11) is 1.96. The van der Waals surface area contributed by atoms with E-state index in [-0.39, 0.29) is 0 Å². The van der Waals surface area contributed by atoms with Gasteiger partial charge in [-0.1, -0.05) is 0 Å². The zero-order valence-electron chi connectivity index (χ0n) is 9.22. The minimum Gasteiger partial charge on any atom is -0.366 e. The summed E-state index contributed by atoms with van der Waals surface area (Å²) in [6, 6.07) is 6.70. The van der Waals surface area contributed by atoms with E-state index in [2.05, 4.69) is 21.5 Å². The predicted octanol–water partition coefficient (Wildman–Crippen LogP) is 2.06. The Balaban J connectivity index is 1.91. The lowest BCUT2D eigenvalue weighted by atomic mass is 10.2. The van der Waals surface area contributed by atoms with Crippen molar-refractivity contribution >= 4 is 5.82 Å². The first-order chi connectivity index (χ1) is 7.83. The normalized spacial score (nSPS) is 15.1. The molecule has 0 atom stereocenters. The molecule has 1 N–H and O–H groups in total. The molecule has 0 unspecified atom stereocenters. The van der Waals surface area contributed by atoms with E-state index in [0.29, 0.717) is 6.04 Å². The number of hydrogen-bond acceptors (Lipinski definition) is 3. The van der Waals surface area contributed by atoms with Gasteiger partial charge < -0.3 is 5.32 Å². The zero-order chi connectivity index (χ0) is 11.0. The summed E-state index contributed by atoms with van der Waals surface area (Å²) >= 11 is 0. The first-order valence-corrected chi connectivity index (χ1v) is 5.54. The Morgan fingerprint density at radius 3 is 3.00 bits per heavy atom. The van der Waals surface area contributed by atoms with Gasteiger partial charge in [0.15, 0.2) is 0 Å². The highest BCUT2D eigenvalue weighted by Crippen LogP contribution is 2.26. The van der Waals surface area contributed by atoms with Crippen LogP contribution in [0.3, 0.4) is 0 Å². The number of aromatic nitrogens is 3. The Hall–Kier alpha value is -1.84.